The first-order chi connectivity index (χ1) is 22.2. The van der Waals surface area contributed by atoms with Gasteiger partial charge in [0.2, 0.25) is 23.5 Å². The molecular formula is C34H52N7O6+. The summed E-state index contributed by atoms with van der Waals surface area (Å²) in [5.41, 5.74) is 4.70. The molecule has 13 nitrogen and oxygen atoms in total. The molecule has 1 aliphatic heterocycles. The molecule has 2 saturated carbocycles. The molecule has 0 spiro atoms. The zero-order valence-corrected chi connectivity index (χ0v) is 28.3. The van der Waals surface area contributed by atoms with E-state index in [9.17, 15) is 28.8 Å². The van der Waals surface area contributed by atoms with Crippen LogP contribution in [0.4, 0.5) is 0 Å². The molecule has 258 valence electrons. The topological polar surface area (TPSA) is 195 Å². The molecule has 5 amide bonds. The van der Waals surface area contributed by atoms with Gasteiger partial charge < -0.3 is 26.6 Å². The van der Waals surface area contributed by atoms with Gasteiger partial charge in [0.15, 0.2) is 18.1 Å². The Bertz CT molecular complexity index is 1320. The number of primary amides is 1. The van der Waals surface area contributed by atoms with Crippen LogP contribution in [0.2, 0.25) is 0 Å². The zero-order valence-electron chi connectivity index (χ0n) is 28.3. The second-order valence-corrected chi connectivity index (χ2v) is 14.9. The average molecular weight is 655 g/mol. The van der Waals surface area contributed by atoms with Crippen LogP contribution in [0.1, 0.15) is 103 Å². The zero-order chi connectivity index (χ0) is 34.5. The van der Waals surface area contributed by atoms with E-state index >= 15 is 0 Å². The van der Waals surface area contributed by atoms with E-state index in [0.717, 1.165) is 44.9 Å². The number of nitrogens with one attached hydrogen (secondary N) is 4. The highest BCUT2D eigenvalue weighted by atomic mass is 16.2. The fourth-order valence-corrected chi connectivity index (χ4v) is 7.02. The summed E-state index contributed by atoms with van der Waals surface area (Å²) in [6, 6.07) is -3.85. The molecule has 2 heterocycles. The quantitative estimate of drug-likeness (QED) is 0.230. The van der Waals surface area contributed by atoms with Gasteiger partial charge in [-0.2, -0.15) is 0 Å². The van der Waals surface area contributed by atoms with E-state index < -0.39 is 64.9 Å². The molecule has 0 aromatic carbocycles. The lowest BCUT2D eigenvalue weighted by atomic mass is 9.82. The van der Waals surface area contributed by atoms with E-state index in [1.54, 1.807) is 6.20 Å². The van der Waals surface area contributed by atoms with Crippen LogP contribution in [0.5, 0.6) is 0 Å². The van der Waals surface area contributed by atoms with Crippen molar-refractivity contribution in [1.82, 2.24) is 25.8 Å². The van der Waals surface area contributed by atoms with Crippen molar-refractivity contribution < 1.29 is 33.8 Å². The minimum Gasteiger partial charge on any atom is -0.363 e. The maximum absolute atomic E-state index is 14.5. The first-order valence-corrected chi connectivity index (χ1v) is 17.1. The van der Waals surface area contributed by atoms with Gasteiger partial charge in [0, 0.05) is 6.54 Å². The monoisotopic (exact) mass is 654 g/mol. The third-order valence-electron chi connectivity index (χ3n) is 9.92. The lowest BCUT2D eigenvalue weighted by molar-refractivity contribution is -0.379. The molecule has 1 saturated heterocycles. The molecule has 1 aromatic rings. The molecule has 3 aliphatic rings. The van der Waals surface area contributed by atoms with Gasteiger partial charge in [-0.15, -0.1) is 0 Å². The van der Waals surface area contributed by atoms with Gasteiger partial charge in [0.1, 0.15) is 18.1 Å². The third kappa shape index (κ3) is 9.13. The van der Waals surface area contributed by atoms with Crippen LogP contribution >= 0.6 is 0 Å². The van der Waals surface area contributed by atoms with Crippen LogP contribution in [0.15, 0.2) is 18.6 Å². The molecule has 5 atom stereocenters. The number of carbonyl (C=O) groups is 6. The van der Waals surface area contributed by atoms with E-state index in [1.165, 1.54) is 17.3 Å². The second-order valence-electron chi connectivity index (χ2n) is 14.9. The first kappa shape index (κ1) is 35.9. The fraction of sp³-hybridized carbons (Fsp3) is 0.706. The largest absolute Gasteiger partial charge is 0.363 e. The maximum Gasteiger partial charge on any atom is 0.287 e. The Kier molecular flexibility index (Phi) is 11.7. The lowest BCUT2D eigenvalue weighted by Crippen LogP contribution is -2.62. The summed E-state index contributed by atoms with van der Waals surface area (Å²) in [4.78, 5) is 88.5. The number of rotatable bonds is 13. The number of amides is 5. The molecule has 47 heavy (non-hydrogen) atoms. The Hall–Kier alpha value is -3.90. The Morgan fingerprint density at radius 1 is 0.979 bits per heavy atom. The highest BCUT2D eigenvalue weighted by molar-refractivity contribution is 6.37. The van der Waals surface area contributed by atoms with Crippen molar-refractivity contribution in [1.29, 1.82) is 0 Å². The van der Waals surface area contributed by atoms with E-state index in [4.69, 9.17) is 5.73 Å². The SMILES string of the molecule is CC(C)[C@H]1CCN(C(=O)[C@@H](NC(=O)[C@@H](NC(=O)c2c[nH+]ccn2)C2CCCCC2)C(C)(C)C)[C@@H]1C(=O)NC(CC1CC1)C(=O)C(N)=O. The van der Waals surface area contributed by atoms with Crippen molar-refractivity contribution >= 4 is 35.3 Å². The second kappa shape index (κ2) is 15.3. The molecule has 1 aromatic heterocycles. The average Bonchev–Trinajstić information content (AvgIpc) is 3.74. The van der Waals surface area contributed by atoms with Gasteiger partial charge in [0.25, 0.3) is 11.8 Å². The van der Waals surface area contributed by atoms with Gasteiger partial charge in [0.05, 0.1) is 12.2 Å². The molecule has 0 radical (unpaired) electrons. The summed E-state index contributed by atoms with van der Waals surface area (Å²) >= 11 is 0. The molecule has 4 rings (SSSR count). The number of nitrogens with two attached hydrogens (primary N) is 1. The van der Waals surface area contributed by atoms with Crippen LogP contribution in [0, 0.1) is 29.1 Å². The number of aromatic nitrogens is 2. The number of aromatic amines is 1. The molecule has 3 fully saturated rings. The Labute approximate surface area is 277 Å². The van der Waals surface area contributed by atoms with E-state index in [2.05, 4.69) is 25.9 Å². The van der Waals surface area contributed by atoms with Crippen molar-refractivity contribution in [2.45, 2.75) is 117 Å². The van der Waals surface area contributed by atoms with E-state index in [0.29, 0.717) is 12.8 Å². The summed E-state index contributed by atoms with van der Waals surface area (Å²) in [5, 5.41) is 8.64. The minimum atomic E-state index is -1.10. The maximum atomic E-state index is 14.5. The third-order valence-corrected chi connectivity index (χ3v) is 9.92. The number of carbonyl (C=O) groups excluding carboxylic acids is 6. The van der Waals surface area contributed by atoms with Crippen molar-refractivity contribution in [3.05, 3.63) is 24.3 Å². The predicted octanol–water partition coefficient (Wildman–Crippen LogP) is 1.32. The van der Waals surface area contributed by atoms with Crippen LogP contribution in [-0.2, 0) is 24.0 Å². The van der Waals surface area contributed by atoms with Crippen LogP contribution < -0.4 is 26.7 Å². The summed E-state index contributed by atoms with van der Waals surface area (Å²) in [6.45, 7) is 9.78. The van der Waals surface area contributed by atoms with Gasteiger partial charge in [-0.3, -0.25) is 28.8 Å². The van der Waals surface area contributed by atoms with Gasteiger partial charge in [-0.25, -0.2) is 9.97 Å². The van der Waals surface area contributed by atoms with Crippen molar-refractivity contribution in [3.8, 4) is 0 Å². The summed E-state index contributed by atoms with van der Waals surface area (Å²) < 4.78 is 0. The highest BCUT2D eigenvalue weighted by Crippen LogP contribution is 2.36. The van der Waals surface area contributed by atoms with Gasteiger partial charge >= 0.3 is 0 Å². The molecule has 0 bridgehead atoms. The Balaban J connectivity index is 1.58. The number of ketones is 1. The summed E-state index contributed by atoms with van der Waals surface area (Å²) in [5.74, 6) is -3.87. The Morgan fingerprint density at radius 2 is 1.66 bits per heavy atom. The molecule has 13 heteroatoms. The molecule has 6 N–H and O–H groups in total. The summed E-state index contributed by atoms with van der Waals surface area (Å²) in [7, 11) is 0. The van der Waals surface area contributed by atoms with Crippen LogP contribution in [0.25, 0.3) is 0 Å². The van der Waals surface area contributed by atoms with Crippen molar-refractivity contribution in [3.63, 3.8) is 0 Å². The number of H-pyrrole nitrogens is 1. The smallest absolute Gasteiger partial charge is 0.287 e. The minimum absolute atomic E-state index is 0.0367. The highest BCUT2D eigenvalue weighted by Gasteiger charge is 2.48. The fourth-order valence-electron chi connectivity index (χ4n) is 7.02. The molecule has 1 unspecified atom stereocenters. The van der Waals surface area contributed by atoms with Crippen molar-refractivity contribution in [2.75, 3.05) is 6.54 Å². The molecule has 2 aliphatic carbocycles. The van der Waals surface area contributed by atoms with Gasteiger partial charge in [-0.05, 0) is 54.8 Å². The standard InChI is InChI=1S/C34H51N7O6/c1-19(2)22-13-16-41(26(22)32(46)38-23(17-20-11-12-20)27(42)29(35)43)33(47)28(34(3,4)5)40-31(45)25(21-9-7-6-8-10-21)39-30(44)24-18-36-14-15-37-24/h14-15,18-23,25-26,28H,6-13,16-17H2,1-5H3,(H2,35,43)(H,38,46)(H,39,44)(H,40,45)/p+1/t22-,23?,25+,26+,28-/m1/s1. The van der Waals surface area contributed by atoms with Crippen molar-refractivity contribution in [2.24, 2.45) is 34.8 Å². The van der Waals surface area contributed by atoms with E-state index in [-0.39, 0.29) is 35.9 Å². The number of likely N-dealkylation sites (tertiary alicyclic amines) is 1. The lowest BCUT2D eigenvalue weighted by Gasteiger charge is -2.38. The summed E-state index contributed by atoms with van der Waals surface area (Å²) in [6.07, 6.45) is 11.7. The number of hydrogen-bond donors (Lipinski definition) is 4. The first-order valence-electron chi connectivity index (χ1n) is 17.1. The number of hydrogen-bond acceptors (Lipinski definition) is 7. The van der Waals surface area contributed by atoms with Crippen LogP contribution in [0.3, 0.4) is 0 Å². The van der Waals surface area contributed by atoms with Crippen LogP contribution in [-0.4, -0.2) is 75.9 Å². The predicted molar refractivity (Wildman–Crippen MR) is 172 cm³/mol. The Morgan fingerprint density at radius 3 is 2.21 bits per heavy atom. The van der Waals surface area contributed by atoms with E-state index in [1.807, 2.05) is 34.6 Å². The normalized spacial score (nSPS) is 22.2. The number of nitrogens with zero attached hydrogens (tertiary/aromatic N) is 2. The van der Waals surface area contributed by atoms with Gasteiger partial charge in [-0.1, -0.05) is 66.7 Å². The molecular weight excluding hydrogens is 602 g/mol. The number of Topliss-reactive ketones (excluding diaryl/α,β-unsaturated/α-hetero) is 1.